The average Bonchev–Trinajstić information content (AvgIpc) is 3.37. The Bertz CT molecular complexity index is 1010. The summed E-state index contributed by atoms with van der Waals surface area (Å²) in [5, 5.41) is 3.87. The highest BCUT2D eigenvalue weighted by molar-refractivity contribution is 7.92. The van der Waals surface area contributed by atoms with Crippen LogP contribution in [0, 0.1) is 0 Å². The minimum atomic E-state index is -3.25. The molecular formula is C19H17NO3S2. The van der Waals surface area contributed by atoms with Crippen molar-refractivity contribution in [1.82, 2.24) is 4.90 Å². The van der Waals surface area contributed by atoms with Crippen LogP contribution in [-0.4, -0.2) is 31.7 Å². The number of fused-ring (bicyclic) bond motifs is 3. The first kappa shape index (κ1) is 15.4. The number of likely N-dealkylation sites (tertiary alicyclic amines) is 1. The molecule has 128 valence electrons. The highest BCUT2D eigenvalue weighted by Crippen LogP contribution is 2.46. The first-order valence-corrected chi connectivity index (χ1v) is 10.8. The van der Waals surface area contributed by atoms with Gasteiger partial charge in [0.1, 0.15) is 5.76 Å². The van der Waals surface area contributed by atoms with Crippen molar-refractivity contribution in [2.45, 2.75) is 22.6 Å². The lowest BCUT2D eigenvalue weighted by atomic mass is 9.96. The minimum absolute atomic E-state index is 0.0496. The lowest BCUT2D eigenvalue weighted by Gasteiger charge is -2.16. The van der Waals surface area contributed by atoms with Gasteiger partial charge in [0.25, 0.3) is 0 Å². The van der Waals surface area contributed by atoms with E-state index in [2.05, 4.69) is 21.7 Å². The normalized spacial score (nSPS) is 24.3. The summed E-state index contributed by atoms with van der Waals surface area (Å²) in [5.41, 5.74) is 3.15. The second kappa shape index (κ2) is 5.56. The molecule has 0 unspecified atom stereocenters. The van der Waals surface area contributed by atoms with Crippen LogP contribution < -0.4 is 0 Å². The van der Waals surface area contributed by atoms with Gasteiger partial charge >= 0.3 is 0 Å². The number of benzene rings is 1. The lowest BCUT2D eigenvalue weighted by molar-refractivity contribution is 0.326. The fraction of sp³-hybridized carbons (Fsp3) is 0.263. The van der Waals surface area contributed by atoms with E-state index in [1.807, 2.05) is 24.3 Å². The Labute approximate surface area is 150 Å². The van der Waals surface area contributed by atoms with E-state index >= 15 is 0 Å². The van der Waals surface area contributed by atoms with E-state index in [9.17, 15) is 8.42 Å². The van der Waals surface area contributed by atoms with Gasteiger partial charge in [-0.05, 0) is 58.3 Å². The second-order valence-electron chi connectivity index (χ2n) is 6.75. The number of thiophene rings is 1. The molecule has 1 aromatic carbocycles. The van der Waals surface area contributed by atoms with Crippen LogP contribution in [-0.2, 0) is 16.4 Å². The monoisotopic (exact) mass is 371 g/mol. The van der Waals surface area contributed by atoms with Gasteiger partial charge in [-0.15, -0.1) is 0 Å². The molecule has 0 saturated carbocycles. The molecule has 25 heavy (non-hydrogen) atoms. The smallest absolute Gasteiger partial charge is 0.183 e. The maximum atomic E-state index is 13.0. The molecule has 2 atom stereocenters. The van der Waals surface area contributed by atoms with Gasteiger partial charge in [0, 0.05) is 31.1 Å². The highest BCUT2D eigenvalue weighted by Gasteiger charge is 2.50. The SMILES string of the molecule is O=S1(=O)c2ccc(-c3ccco3)cc2[C@@H]2CN(Cc3ccsc3)C[C@H]21. The summed E-state index contributed by atoms with van der Waals surface area (Å²) in [6.45, 7) is 2.21. The highest BCUT2D eigenvalue weighted by atomic mass is 32.2. The van der Waals surface area contributed by atoms with Crippen LogP contribution in [0.5, 0.6) is 0 Å². The van der Waals surface area contributed by atoms with Crippen molar-refractivity contribution in [2.75, 3.05) is 13.1 Å². The molecule has 4 nitrogen and oxygen atoms in total. The average molecular weight is 371 g/mol. The molecule has 0 amide bonds. The first-order valence-electron chi connectivity index (χ1n) is 8.28. The van der Waals surface area contributed by atoms with Crippen molar-refractivity contribution in [3.63, 3.8) is 0 Å². The summed E-state index contributed by atoms with van der Waals surface area (Å²) in [7, 11) is -3.25. The van der Waals surface area contributed by atoms with Crippen LogP contribution in [0.15, 0.2) is 62.7 Å². The summed E-state index contributed by atoms with van der Waals surface area (Å²) in [4.78, 5) is 2.77. The van der Waals surface area contributed by atoms with Gasteiger partial charge in [0.15, 0.2) is 9.84 Å². The second-order valence-corrected chi connectivity index (χ2v) is 9.66. The molecule has 1 saturated heterocycles. The quantitative estimate of drug-likeness (QED) is 0.703. The van der Waals surface area contributed by atoms with Gasteiger partial charge < -0.3 is 4.42 Å². The summed E-state index contributed by atoms with van der Waals surface area (Å²) in [5.74, 6) is 0.824. The van der Waals surface area contributed by atoms with Gasteiger partial charge in [-0.2, -0.15) is 11.3 Å². The molecule has 1 fully saturated rings. The van der Waals surface area contributed by atoms with Gasteiger partial charge in [0.05, 0.1) is 16.4 Å². The summed E-state index contributed by atoms with van der Waals surface area (Å²) < 4.78 is 31.4. The molecule has 2 aliphatic heterocycles. The van der Waals surface area contributed by atoms with E-state index in [0.717, 1.165) is 30.0 Å². The topological polar surface area (TPSA) is 50.5 Å². The van der Waals surface area contributed by atoms with Crippen molar-refractivity contribution < 1.29 is 12.8 Å². The van der Waals surface area contributed by atoms with Crippen molar-refractivity contribution in [1.29, 1.82) is 0 Å². The zero-order chi connectivity index (χ0) is 17.0. The Kier molecular flexibility index (Phi) is 3.42. The van der Waals surface area contributed by atoms with E-state index < -0.39 is 9.84 Å². The lowest BCUT2D eigenvalue weighted by Crippen LogP contribution is -2.25. The molecule has 0 aliphatic carbocycles. The molecule has 5 rings (SSSR count). The van der Waals surface area contributed by atoms with Gasteiger partial charge in [-0.25, -0.2) is 8.42 Å². The predicted molar refractivity (Wildman–Crippen MR) is 97.5 cm³/mol. The number of furan rings is 1. The Morgan fingerprint density at radius 2 is 2.12 bits per heavy atom. The summed E-state index contributed by atoms with van der Waals surface area (Å²) >= 11 is 1.68. The fourth-order valence-electron chi connectivity index (χ4n) is 4.09. The number of rotatable bonds is 3. The number of hydrogen-bond acceptors (Lipinski definition) is 5. The predicted octanol–water partition coefficient (Wildman–Crippen LogP) is 3.76. The Balaban J connectivity index is 1.51. The molecule has 2 aromatic heterocycles. The van der Waals surface area contributed by atoms with E-state index in [0.29, 0.717) is 11.4 Å². The third kappa shape index (κ3) is 2.39. The van der Waals surface area contributed by atoms with Crippen LogP contribution >= 0.6 is 11.3 Å². The third-order valence-electron chi connectivity index (χ3n) is 5.25. The van der Waals surface area contributed by atoms with E-state index in [1.165, 1.54) is 5.56 Å². The fourth-order valence-corrected chi connectivity index (χ4v) is 6.95. The molecular weight excluding hydrogens is 354 g/mol. The van der Waals surface area contributed by atoms with Gasteiger partial charge in [0.2, 0.25) is 0 Å². The molecule has 2 aliphatic rings. The molecule has 3 aromatic rings. The van der Waals surface area contributed by atoms with E-state index in [-0.39, 0.29) is 11.2 Å². The Hall–Kier alpha value is -1.89. The third-order valence-corrected chi connectivity index (χ3v) is 8.24. The summed E-state index contributed by atoms with van der Waals surface area (Å²) in [6, 6.07) is 11.5. The number of sulfone groups is 1. The van der Waals surface area contributed by atoms with E-state index in [1.54, 1.807) is 23.7 Å². The molecule has 0 N–H and O–H groups in total. The molecule has 6 heteroatoms. The Morgan fingerprint density at radius 1 is 1.20 bits per heavy atom. The zero-order valence-corrected chi connectivity index (χ0v) is 15.1. The van der Waals surface area contributed by atoms with Crippen LogP contribution in [0.25, 0.3) is 11.3 Å². The maximum Gasteiger partial charge on any atom is 0.183 e. The van der Waals surface area contributed by atoms with Crippen molar-refractivity contribution >= 4 is 21.2 Å². The number of hydrogen-bond donors (Lipinski definition) is 0. The van der Waals surface area contributed by atoms with Crippen molar-refractivity contribution in [3.8, 4) is 11.3 Å². The van der Waals surface area contributed by atoms with Gasteiger partial charge in [-0.1, -0.05) is 0 Å². The summed E-state index contributed by atoms with van der Waals surface area (Å²) in [6.07, 6.45) is 1.64. The van der Waals surface area contributed by atoms with Crippen LogP contribution in [0.1, 0.15) is 17.0 Å². The first-order chi connectivity index (χ1) is 12.1. The standard InChI is InChI=1S/C19H17NO3S2/c21-25(22)18-4-3-14(17-2-1-6-23-17)8-15(18)16-10-20(11-19(16)25)9-13-5-7-24-12-13/h1-8,12,16,19H,9-11H2/t16-,19+/m0/s1. The van der Waals surface area contributed by atoms with Crippen LogP contribution in [0.2, 0.25) is 0 Å². The molecule has 0 radical (unpaired) electrons. The van der Waals surface area contributed by atoms with Crippen molar-refractivity contribution in [3.05, 3.63) is 64.5 Å². The minimum Gasteiger partial charge on any atom is -0.464 e. The van der Waals surface area contributed by atoms with Crippen molar-refractivity contribution in [2.24, 2.45) is 0 Å². The molecule has 0 spiro atoms. The molecule has 4 heterocycles. The van der Waals surface area contributed by atoms with Gasteiger partial charge in [-0.3, -0.25) is 4.90 Å². The maximum absolute atomic E-state index is 13.0. The molecule has 0 bridgehead atoms. The zero-order valence-electron chi connectivity index (χ0n) is 13.5. The van der Waals surface area contributed by atoms with E-state index in [4.69, 9.17) is 4.42 Å². The largest absolute Gasteiger partial charge is 0.464 e. The van der Waals surface area contributed by atoms with Crippen LogP contribution in [0.4, 0.5) is 0 Å². The Morgan fingerprint density at radius 3 is 2.88 bits per heavy atom. The van der Waals surface area contributed by atoms with Crippen LogP contribution in [0.3, 0.4) is 0 Å². The number of nitrogens with zero attached hydrogens (tertiary/aromatic N) is 1.